The lowest BCUT2D eigenvalue weighted by Gasteiger charge is -2.02. The molecule has 2 aromatic carbocycles. The molecule has 1 aliphatic heterocycles. The molecular formula is C20H16ClN3O2. The van der Waals surface area contributed by atoms with Crippen LogP contribution in [0.2, 0.25) is 5.02 Å². The SMILES string of the molecule is Clc1ccc2[nH]c(-c3nc([C@@H]4CCOC4)no3)c(-c3ccccc3)c2c1. The molecule has 1 atom stereocenters. The molecule has 130 valence electrons. The number of benzene rings is 2. The molecule has 5 rings (SSSR count). The molecule has 4 aromatic rings. The van der Waals surface area contributed by atoms with E-state index >= 15 is 0 Å². The number of aromatic amines is 1. The largest absolute Gasteiger partial charge is 0.381 e. The summed E-state index contributed by atoms with van der Waals surface area (Å²) in [6.07, 6.45) is 0.923. The van der Waals surface area contributed by atoms with Crippen LogP contribution in [0.5, 0.6) is 0 Å². The van der Waals surface area contributed by atoms with E-state index in [2.05, 4.69) is 27.3 Å². The van der Waals surface area contributed by atoms with Gasteiger partial charge in [-0.25, -0.2) is 0 Å². The summed E-state index contributed by atoms with van der Waals surface area (Å²) in [5.74, 6) is 1.39. The second-order valence-corrected chi connectivity index (χ2v) is 6.89. The highest BCUT2D eigenvalue weighted by Gasteiger charge is 2.25. The van der Waals surface area contributed by atoms with Gasteiger partial charge in [0, 0.05) is 34.0 Å². The number of fused-ring (bicyclic) bond motifs is 1. The molecule has 6 heteroatoms. The van der Waals surface area contributed by atoms with Gasteiger partial charge in [-0.05, 0) is 30.2 Å². The van der Waals surface area contributed by atoms with E-state index in [1.165, 1.54) is 0 Å². The second kappa shape index (κ2) is 6.27. The molecule has 1 saturated heterocycles. The van der Waals surface area contributed by atoms with Crippen LogP contribution in [-0.2, 0) is 4.74 Å². The van der Waals surface area contributed by atoms with Gasteiger partial charge in [-0.1, -0.05) is 47.1 Å². The van der Waals surface area contributed by atoms with Crippen LogP contribution in [0.25, 0.3) is 33.6 Å². The molecule has 1 aliphatic rings. The van der Waals surface area contributed by atoms with Crippen LogP contribution in [0.3, 0.4) is 0 Å². The average molecular weight is 366 g/mol. The highest BCUT2D eigenvalue weighted by atomic mass is 35.5. The first-order valence-corrected chi connectivity index (χ1v) is 8.96. The zero-order valence-electron chi connectivity index (χ0n) is 13.9. The van der Waals surface area contributed by atoms with E-state index in [1.807, 2.05) is 36.4 Å². The zero-order chi connectivity index (χ0) is 17.5. The van der Waals surface area contributed by atoms with Crippen molar-refractivity contribution in [3.05, 3.63) is 59.4 Å². The summed E-state index contributed by atoms with van der Waals surface area (Å²) in [7, 11) is 0. The molecule has 0 amide bonds. The molecule has 3 heterocycles. The van der Waals surface area contributed by atoms with Gasteiger partial charge in [-0.15, -0.1) is 0 Å². The Kier molecular flexibility index (Phi) is 3.76. The lowest BCUT2D eigenvalue weighted by molar-refractivity contribution is 0.192. The zero-order valence-corrected chi connectivity index (χ0v) is 14.7. The lowest BCUT2D eigenvalue weighted by Crippen LogP contribution is -1.99. The topological polar surface area (TPSA) is 63.9 Å². The molecule has 26 heavy (non-hydrogen) atoms. The van der Waals surface area contributed by atoms with Crippen molar-refractivity contribution in [3.63, 3.8) is 0 Å². The van der Waals surface area contributed by atoms with Gasteiger partial charge in [0.2, 0.25) is 0 Å². The van der Waals surface area contributed by atoms with Crippen LogP contribution in [0.15, 0.2) is 53.1 Å². The van der Waals surface area contributed by atoms with Gasteiger partial charge in [-0.2, -0.15) is 4.98 Å². The molecule has 2 aromatic heterocycles. The number of rotatable bonds is 3. The van der Waals surface area contributed by atoms with Crippen LogP contribution in [0, 0.1) is 0 Å². The van der Waals surface area contributed by atoms with Crippen molar-refractivity contribution in [2.75, 3.05) is 13.2 Å². The summed E-state index contributed by atoms with van der Waals surface area (Å²) >= 11 is 6.24. The Labute approximate surface area is 154 Å². The van der Waals surface area contributed by atoms with Crippen molar-refractivity contribution in [1.82, 2.24) is 15.1 Å². The summed E-state index contributed by atoms with van der Waals surface area (Å²) < 4.78 is 11.0. The third-order valence-electron chi connectivity index (χ3n) is 4.77. The van der Waals surface area contributed by atoms with Crippen LogP contribution < -0.4 is 0 Å². The number of nitrogens with one attached hydrogen (secondary N) is 1. The maximum Gasteiger partial charge on any atom is 0.275 e. The Morgan fingerprint density at radius 3 is 2.81 bits per heavy atom. The maximum absolute atomic E-state index is 6.24. The van der Waals surface area contributed by atoms with E-state index in [9.17, 15) is 0 Å². The normalized spacial score (nSPS) is 17.2. The van der Waals surface area contributed by atoms with Gasteiger partial charge in [0.05, 0.1) is 6.61 Å². The fraction of sp³-hybridized carbons (Fsp3) is 0.200. The number of H-pyrrole nitrogens is 1. The van der Waals surface area contributed by atoms with Gasteiger partial charge in [-0.3, -0.25) is 0 Å². The van der Waals surface area contributed by atoms with Crippen molar-refractivity contribution in [1.29, 1.82) is 0 Å². The molecule has 1 fully saturated rings. The Morgan fingerprint density at radius 1 is 1.12 bits per heavy atom. The monoisotopic (exact) mass is 365 g/mol. The number of hydrogen-bond acceptors (Lipinski definition) is 4. The minimum atomic E-state index is 0.200. The average Bonchev–Trinajstić information content (AvgIpc) is 3.40. The summed E-state index contributed by atoms with van der Waals surface area (Å²) in [5, 5.41) is 5.90. The number of nitrogens with zero attached hydrogens (tertiary/aromatic N) is 2. The lowest BCUT2D eigenvalue weighted by atomic mass is 10.0. The minimum Gasteiger partial charge on any atom is -0.381 e. The summed E-state index contributed by atoms with van der Waals surface area (Å²) in [5.41, 5.74) is 3.87. The third kappa shape index (κ3) is 2.60. The van der Waals surface area contributed by atoms with E-state index < -0.39 is 0 Å². The first-order chi connectivity index (χ1) is 12.8. The van der Waals surface area contributed by atoms with Gasteiger partial charge in [0.1, 0.15) is 5.69 Å². The first-order valence-electron chi connectivity index (χ1n) is 8.58. The van der Waals surface area contributed by atoms with Crippen molar-refractivity contribution in [2.24, 2.45) is 0 Å². The number of ether oxygens (including phenoxy) is 1. The third-order valence-corrected chi connectivity index (χ3v) is 5.01. The van der Waals surface area contributed by atoms with E-state index in [0.717, 1.165) is 40.8 Å². The van der Waals surface area contributed by atoms with E-state index in [0.29, 0.717) is 23.3 Å². The Hall–Kier alpha value is -2.63. The summed E-state index contributed by atoms with van der Waals surface area (Å²) in [6.45, 7) is 1.39. The van der Waals surface area contributed by atoms with E-state index in [1.54, 1.807) is 0 Å². The van der Waals surface area contributed by atoms with Crippen LogP contribution in [-0.4, -0.2) is 28.3 Å². The van der Waals surface area contributed by atoms with Gasteiger partial charge < -0.3 is 14.2 Å². The Bertz CT molecular complexity index is 1070. The van der Waals surface area contributed by atoms with Crippen LogP contribution in [0.4, 0.5) is 0 Å². The van der Waals surface area contributed by atoms with Crippen molar-refractivity contribution >= 4 is 22.5 Å². The fourth-order valence-corrected chi connectivity index (χ4v) is 3.64. The molecule has 5 nitrogen and oxygen atoms in total. The molecular weight excluding hydrogens is 350 g/mol. The van der Waals surface area contributed by atoms with Crippen molar-refractivity contribution in [2.45, 2.75) is 12.3 Å². The predicted octanol–water partition coefficient (Wildman–Crippen LogP) is 5.04. The number of hydrogen-bond donors (Lipinski definition) is 1. The van der Waals surface area contributed by atoms with Gasteiger partial charge in [0.25, 0.3) is 5.89 Å². The Balaban J connectivity index is 1.70. The molecule has 0 aliphatic carbocycles. The predicted molar refractivity (Wildman–Crippen MR) is 100 cm³/mol. The van der Waals surface area contributed by atoms with E-state index in [-0.39, 0.29) is 5.92 Å². The van der Waals surface area contributed by atoms with E-state index in [4.69, 9.17) is 20.9 Å². The van der Waals surface area contributed by atoms with Crippen molar-refractivity contribution < 1.29 is 9.26 Å². The molecule has 0 bridgehead atoms. The highest BCUT2D eigenvalue weighted by molar-refractivity contribution is 6.31. The smallest absolute Gasteiger partial charge is 0.275 e. The number of aromatic nitrogens is 3. The molecule has 0 unspecified atom stereocenters. The highest BCUT2D eigenvalue weighted by Crippen LogP contribution is 2.39. The van der Waals surface area contributed by atoms with Gasteiger partial charge >= 0.3 is 0 Å². The summed E-state index contributed by atoms with van der Waals surface area (Å²) in [4.78, 5) is 8.07. The van der Waals surface area contributed by atoms with Crippen LogP contribution in [0.1, 0.15) is 18.2 Å². The minimum absolute atomic E-state index is 0.200. The molecule has 0 spiro atoms. The van der Waals surface area contributed by atoms with Crippen LogP contribution >= 0.6 is 11.6 Å². The molecule has 1 N–H and O–H groups in total. The molecule has 0 saturated carbocycles. The molecule has 0 radical (unpaired) electrons. The number of halogens is 1. The Morgan fingerprint density at radius 2 is 2.00 bits per heavy atom. The quantitative estimate of drug-likeness (QED) is 0.552. The second-order valence-electron chi connectivity index (χ2n) is 6.45. The first kappa shape index (κ1) is 15.6. The standard InChI is InChI=1S/C20H16ClN3O2/c21-14-6-7-16-15(10-14)17(12-4-2-1-3-5-12)18(22-16)20-23-19(24-26-20)13-8-9-25-11-13/h1-7,10,13,22H,8-9,11H2/t13-/m1/s1. The maximum atomic E-state index is 6.24. The van der Waals surface area contributed by atoms with Gasteiger partial charge in [0.15, 0.2) is 5.82 Å². The summed E-state index contributed by atoms with van der Waals surface area (Å²) in [6, 6.07) is 15.9. The fourth-order valence-electron chi connectivity index (χ4n) is 3.47. The van der Waals surface area contributed by atoms with Crippen molar-refractivity contribution in [3.8, 4) is 22.7 Å².